The summed E-state index contributed by atoms with van der Waals surface area (Å²) in [5, 5.41) is 4.78. The average molecular weight is 318 g/mol. The average Bonchev–Trinajstić information content (AvgIpc) is 3.03. The van der Waals surface area contributed by atoms with Gasteiger partial charge in [0, 0.05) is 10.9 Å². The second kappa shape index (κ2) is 5.84. The maximum atomic E-state index is 11.5. The highest BCUT2D eigenvalue weighted by Crippen LogP contribution is 2.29. The Morgan fingerprint density at radius 2 is 2.00 bits per heavy atom. The monoisotopic (exact) mass is 317 g/mol. The largest absolute Gasteiger partial charge is 0.497 e. The second-order valence-electron chi connectivity index (χ2n) is 4.52. The third-order valence-corrected chi connectivity index (χ3v) is 4.34. The van der Waals surface area contributed by atoms with Gasteiger partial charge in [-0.3, -0.25) is 4.79 Å². The van der Waals surface area contributed by atoms with Crippen molar-refractivity contribution in [3.8, 4) is 16.3 Å². The molecule has 106 valence electrons. The van der Waals surface area contributed by atoms with Crippen molar-refractivity contribution in [2.24, 2.45) is 0 Å². The number of fused-ring (bicyclic) bond motifs is 1. The van der Waals surface area contributed by atoms with Gasteiger partial charge in [0.2, 0.25) is 0 Å². The lowest BCUT2D eigenvalue weighted by molar-refractivity contribution is 0.101. The number of carbonyl (C=O) groups is 1. The normalized spacial score (nSPS) is 10.8. The fourth-order valence-electron chi connectivity index (χ4n) is 2.09. The summed E-state index contributed by atoms with van der Waals surface area (Å²) in [6, 6.07) is 12.0. The number of benzene rings is 2. The number of hydrogen-bond acceptors (Lipinski definition) is 4. The number of methoxy groups -OCH3 is 1. The van der Waals surface area contributed by atoms with Crippen molar-refractivity contribution in [1.29, 1.82) is 0 Å². The zero-order valence-electron chi connectivity index (χ0n) is 11.3. The lowest BCUT2D eigenvalue weighted by atomic mass is 10.1. The van der Waals surface area contributed by atoms with Crippen molar-refractivity contribution in [3.05, 3.63) is 47.5 Å². The van der Waals surface area contributed by atoms with Gasteiger partial charge < -0.3 is 4.74 Å². The van der Waals surface area contributed by atoms with Gasteiger partial charge in [-0.15, -0.1) is 22.9 Å². The van der Waals surface area contributed by atoms with E-state index in [0.29, 0.717) is 5.69 Å². The van der Waals surface area contributed by atoms with Crippen LogP contribution in [0.2, 0.25) is 0 Å². The molecule has 0 N–H and O–H groups in total. The minimum Gasteiger partial charge on any atom is -0.497 e. The smallest absolute Gasteiger partial charge is 0.196 e. The van der Waals surface area contributed by atoms with Crippen LogP contribution in [0, 0.1) is 0 Å². The Morgan fingerprint density at radius 1 is 1.24 bits per heavy atom. The highest BCUT2D eigenvalue weighted by Gasteiger charge is 2.11. The third-order valence-electron chi connectivity index (χ3n) is 3.21. The molecule has 2 aromatic carbocycles. The van der Waals surface area contributed by atoms with Gasteiger partial charge >= 0.3 is 0 Å². The van der Waals surface area contributed by atoms with Crippen LogP contribution in [0.1, 0.15) is 10.5 Å². The summed E-state index contributed by atoms with van der Waals surface area (Å²) in [6.07, 6.45) is 0. The molecule has 0 fully saturated rings. The Morgan fingerprint density at radius 3 is 2.76 bits per heavy atom. The Hall–Kier alpha value is -1.91. The van der Waals surface area contributed by atoms with Crippen molar-refractivity contribution in [2.75, 3.05) is 13.0 Å². The van der Waals surface area contributed by atoms with Gasteiger partial charge in [0.25, 0.3) is 0 Å². The number of ketones is 1. The molecule has 0 aliphatic heterocycles. The Bertz CT molecular complexity index is 813. The lowest BCUT2D eigenvalue weighted by Crippen LogP contribution is -1.99. The van der Waals surface area contributed by atoms with Crippen LogP contribution in [-0.4, -0.2) is 23.8 Å². The molecule has 1 aromatic heterocycles. The number of carbonyl (C=O) groups excluding carboxylic acids is 1. The molecule has 0 bridgehead atoms. The van der Waals surface area contributed by atoms with Crippen LogP contribution in [0.15, 0.2) is 41.8 Å². The summed E-state index contributed by atoms with van der Waals surface area (Å²) in [5.74, 6) is 0.643. The molecule has 5 heteroatoms. The molecule has 0 aliphatic rings. The minimum atomic E-state index is -0.148. The number of thiazole rings is 1. The number of hydrogen-bond donors (Lipinski definition) is 0. The van der Waals surface area contributed by atoms with E-state index in [9.17, 15) is 4.79 Å². The summed E-state index contributed by atoms with van der Waals surface area (Å²) < 4.78 is 5.22. The fraction of sp³-hybridized carbons (Fsp3) is 0.125. The maximum Gasteiger partial charge on any atom is 0.196 e. The summed E-state index contributed by atoms with van der Waals surface area (Å²) in [4.78, 5) is 15.9. The highest BCUT2D eigenvalue weighted by atomic mass is 35.5. The molecule has 0 saturated heterocycles. The van der Waals surface area contributed by atoms with E-state index in [1.54, 1.807) is 12.5 Å². The van der Waals surface area contributed by atoms with Gasteiger partial charge in [0.05, 0.1) is 13.0 Å². The second-order valence-corrected chi connectivity index (χ2v) is 5.65. The van der Waals surface area contributed by atoms with Crippen molar-refractivity contribution >= 4 is 39.5 Å². The topological polar surface area (TPSA) is 39.2 Å². The minimum absolute atomic E-state index is 0.0410. The first-order chi connectivity index (χ1) is 10.2. The van der Waals surface area contributed by atoms with Gasteiger partial charge in [-0.1, -0.05) is 18.2 Å². The van der Waals surface area contributed by atoms with Crippen molar-refractivity contribution in [1.82, 2.24) is 4.98 Å². The molecule has 3 nitrogen and oxygen atoms in total. The van der Waals surface area contributed by atoms with Crippen LogP contribution < -0.4 is 4.74 Å². The van der Waals surface area contributed by atoms with Gasteiger partial charge in [0.15, 0.2) is 5.78 Å². The number of aromatic nitrogens is 1. The van der Waals surface area contributed by atoms with Crippen molar-refractivity contribution in [2.45, 2.75) is 0 Å². The van der Waals surface area contributed by atoms with E-state index < -0.39 is 0 Å². The fourth-order valence-corrected chi connectivity index (χ4v) is 3.05. The molecule has 0 atom stereocenters. The van der Waals surface area contributed by atoms with Crippen LogP contribution in [0.4, 0.5) is 0 Å². The number of rotatable bonds is 4. The van der Waals surface area contributed by atoms with Gasteiger partial charge in [-0.05, 0) is 29.0 Å². The Balaban J connectivity index is 2.01. The highest BCUT2D eigenvalue weighted by molar-refractivity contribution is 7.13. The number of nitrogens with zero attached hydrogens (tertiary/aromatic N) is 1. The lowest BCUT2D eigenvalue weighted by Gasteiger charge is -2.04. The first-order valence-electron chi connectivity index (χ1n) is 6.34. The molecular formula is C16H12ClNO2S. The maximum absolute atomic E-state index is 11.5. The molecule has 0 unspecified atom stereocenters. The first-order valence-corrected chi connectivity index (χ1v) is 7.75. The summed E-state index contributed by atoms with van der Waals surface area (Å²) >= 11 is 7.00. The SMILES string of the molecule is COc1ccc2cc(-c3nc(C(=O)CCl)cs3)ccc2c1. The van der Waals surface area contributed by atoms with Gasteiger partial charge in [-0.25, -0.2) is 4.98 Å². The number of Topliss-reactive ketones (excluding diaryl/α,β-unsaturated/α-hetero) is 1. The van der Waals surface area contributed by atoms with Gasteiger partial charge in [-0.2, -0.15) is 0 Å². The molecule has 21 heavy (non-hydrogen) atoms. The summed E-state index contributed by atoms with van der Waals surface area (Å²) in [7, 11) is 1.65. The molecular weight excluding hydrogens is 306 g/mol. The Kier molecular flexibility index (Phi) is 3.90. The molecule has 0 spiro atoms. The van der Waals surface area contributed by atoms with E-state index in [0.717, 1.165) is 27.1 Å². The molecule has 3 aromatic rings. The molecule has 0 radical (unpaired) electrons. The van der Waals surface area contributed by atoms with Crippen molar-refractivity contribution < 1.29 is 9.53 Å². The molecule has 1 heterocycles. The van der Waals surface area contributed by atoms with Crippen molar-refractivity contribution in [3.63, 3.8) is 0 Å². The molecule has 0 saturated carbocycles. The van der Waals surface area contributed by atoms with Crippen LogP contribution in [0.5, 0.6) is 5.75 Å². The summed E-state index contributed by atoms with van der Waals surface area (Å²) in [5.41, 5.74) is 1.42. The van der Waals surface area contributed by atoms with Gasteiger partial charge in [0.1, 0.15) is 16.5 Å². The molecule has 3 rings (SSSR count). The Labute approximate surface area is 131 Å². The standard InChI is InChI=1S/C16H12ClNO2S/c1-20-13-5-4-10-6-12(3-2-11(10)7-13)16-18-14(9-21-16)15(19)8-17/h2-7,9H,8H2,1H3. The van der Waals surface area contributed by atoms with E-state index in [4.69, 9.17) is 16.3 Å². The number of ether oxygens (including phenoxy) is 1. The zero-order valence-corrected chi connectivity index (χ0v) is 12.9. The van der Waals surface area contributed by atoms with E-state index in [-0.39, 0.29) is 11.7 Å². The predicted octanol–water partition coefficient (Wildman–Crippen LogP) is 4.39. The number of alkyl halides is 1. The van der Waals surface area contributed by atoms with Crippen LogP contribution in [0.25, 0.3) is 21.3 Å². The third kappa shape index (κ3) is 2.77. The molecule has 0 aliphatic carbocycles. The molecule has 0 amide bonds. The quantitative estimate of drug-likeness (QED) is 0.529. The first kappa shape index (κ1) is 14.0. The predicted molar refractivity (Wildman–Crippen MR) is 86.7 cm³/mol. The zero-order chi connectivity index (χ0) is 14.8. The van der Waals surface area contributed by atoms with E-state index in [2.05, 4.69) is 11.1 Å². The van der Waals surface area contributed by atoms with Crippen LogP contribution in [-0.2, 0) is 0 Å². The van der Waals surface area contributed by atoms with Crippen LogP contribution >= 0.6 is 22.9 Å². The number of halogens is 1. The van der Waals surface area contributed by atoms with E-state index >= 15 is 0 Å². The van der Waals surface area contributed by atoms with E-state index in [1.807, 2.05) is 30.3 Å². The van der Waals surface area contributed by atoms with E-state index in [1.165, 1.54) is 11.3 Å². The summed E-state index contributed by atoms with van der Waals surface area (Å²) in [6.45, 7) is 0. The van der Waals surface area contributed by atoms with Crippen LogP contribution in [0.3, 0.4) is 0 Å².